The van der Waals surface area contributed by atoms with E-state index in [2.05, 4.69) is 11.2 Å². The van der Waals surface area contributed by atoms with Gasteiger partial charge in [-0.25, -0.2) is 0 Å². The minimum atomic E-state index is 0.100. The van der Waals surface area contributed by atoms with E-state index in [0.717, 1.165) is 24.4 Å². The molecule has 0 aliphatic carbocycles. The van der Waals surface area contributed by atoms with E-state index in [9.17, 15) is 4.79 Å². The number of hydrogen-bond acceptors (Lipinski definition) is 4. The van der Waals surface area contributed by atoms with Gasteiger partial charge in [0.25, 0.3) is 0 Å². The lowest BCUT2D eigenvalue weighted by atomic mass is 10.2. The number of nitrogens with zero attached hydrogens (tertiary/aromatic N) is 2. The molecule has 0 spiro atoms. The molecule has 0 radical (unpaired) electrons. The van der Waals surface area contributed by atoms with E-state index < -0.39 is 0 Å². The highest BCUT2D eigenvalue weighted by Gasteiger charge is 2.09. The second-order valence-electron chi connectivity index (χ2n) is 3.92. The minimum absolute atomic E-state index is 0.100. The summed E-state index contributed by atoms with van der Waals surface area (Å²) in [5, 5.41) is 0. The quantitative estimate of drug-likeness (QED) is 0.779. The molecule has 1 heterocycles. The normalized spacial score (nSPS) is 10.2. The van der Waals surface area contributed by atoms with Crippen LogP contribution in [0.4, 0.5) is 5.69 Å². The Kier molecular flexibility index (Phi) is 5.83. The topological polar surface area (TPSA) is 59.2 Å². The lowest BCUT2D eigenvalue weighted by molar-refractivity contribution is -0.129. The first-order valence-corrected chi connectivity index (χ1v) is 6.96. The Morgan fingerprint density at radius 3 is 2.88 bits per heavy atom. The van der Waals surface area contributed by atoms with Gasteiger partial charge < -0.3 is 10.6 Å². The molecule has 1 aromatic heterocycles. The summed E-state index contributed by atoms with van der Waals surface area (Å²) in [5.74, 6) is 1.18. The number of thioether (sulfide) groups is 1. The van der Waals surface area contributed by atoms with E-state index in [1.807, 2.05) is 7.05 Å². The zero-order chi connectivity index (χ0) is 12.7. The fourth-order valence-electron chi connectivity index (χ4n) is 1.40. The highest BCUT2D eigenvalue weighted by atomic mass is 32.2. The zero-order valence-electron chi connectivity index (χ0n) is 10.3. The zero-order valence-corrected chi connectivity index (χ0v) is 11.2. The molecule has 1 rings (SSSR count). The molecule has 94 valence electrons. The van der Waals surface area contributed by atoms with Gasteiger partial charge in [-0.1, -0.05) is 0 Å². The number of carbonyl (C=O) groups is 1. The molecule has 4 nitrogen and oxygen atoms in total. The summed E-state index contributed by atoms with van der Waals surface area (Å²) >= 11 is 1.80. The van der Waals surface area contributed by atoms with Crippen LogP contribution >= 0.6 is 11.8 Å². The number of aromatic nitrogens is 1. The number of carbonyl (C=O) groups excluding carboxylic acids is 1. The molecule has 0 bridgehead atoms. The summed E-state index contributed by atoms with van der Waals surface area (Å²) in [6.07, 6.45) is 5.02. The van der Waals surface area contributed by atoms with Crippen LogP contribution < -0.4 is 5.73 Å². The van der Waals surface area contributed by atoms with Gasteiger partial charge in [0.05, 0.1) is 18.3 Å². The summed E-state index contributed by atoms with van der Waals surface area (Å²) in [7, 11) is 1.83. The first-order chi connectivity index (χ1) is 8.13. The third kappa shape index (κ3) is 5.08. The Labute approximate surface area is 107 Å². The number of rotatable bonds is 6. The Hall–Kier alpha value is -1.23. The second-order valence-corrected chi connectivity index (χ2v) is 4.91. The Morgan fingerprint density at radius 2 is 2.29 bits per heavy atom. The summed E-state index contributed by atoms with van der Waals surface area (Å²) < 4.78 is 0. The summed E-state index contributed by atoms with van der Waals surface area (Å²) in [6, 6.07) is 3.56. The van der Waals surface area contributed by atoms with E-state index in [1.165, 1.54) is 0 Å². The van der Waals surface area contributed by atoms with Gasteiger partial charge in [-0.3, -0.25) is 9.78 Å². The molecule has 17 heavy (non-hydrogen) atoms. The molecule has 0 aromatic carbocycles. The van der Waals surface area contributed by atoms with Crippen LogP contribution in [-0.2, 0) is 11.2 Å². The second kappa shape index (κ2) is 7.17. The van der Waals surface area contributed by atoms with Crippen LogP contribution in [-0.4, -0.2) is 41.4 Å². The minimum Gasteiger partial charge on any atom is -0.397 e. The van der Waals surface area contributed by atoms with E-state index in [1.54, 1.807) is 35.0 Å². The smallest absolute Gasteiger partial charge is 0.228 e. The maximum absolute atomic E-state index is 11.8. The SMILES string of the molecule is CSCCCN(C)C(=O)Cc1ccc(N)cn1. The number of nitrogens with two attached hydrogens (primary N) is 1. The summed E-state index contributed by atoms with van der Waals surface area (Å²) in [4.78, 5) is 17.7. The van der Waals surface area contributed by atoms with Gasteiger partial charge in [0.1, 0.15) is 0 Å². The van der Waals surface area contributed by atoms with E-state index in [0.29, 0.717) is 12.1 Å². The van der Waals surface area contributed by atoms with Crippen molar-refractivity contribution in [3.63, 3.8) is 0 Å². The molecular weight excluding hydrogens is 234 g/mol. The molecule has 0 unspecified atom stereocenters. The van der Waals surface area contributed by atoms with Crippen LogP contribution in [0.3, 0.4) is 0 Å². The average molecular weight is 253 g/mol. The number of hydrogen-bond donors (Lipinski definition) is 1. The van der Waals surface area contributed by atoms with Crippen LogP contribution in [0.5, 0.6) is 0 Å². The fraction of sp³-hybridized carbons (Fsp3) is 0.500. The Balaban J connectivity index is 2.40. The Bertz CT molecular complexity index is 353. The largest absolute Gasteiger partial charge is 0.397 e. The molecule has 0 aliphatic heterocycles. The van der Waals surface area contributed by atoms with Crippen LogP contribution in [0.1, 0.15) is 12.1 Å². The van der Waals surface area contributed by atoms with Crippen molar-refractivity contribution in [1.29, 1.82) is 0 Å². The van der Waals surface area contributed by atoms with Crippen molar-refractivity contribution in [2.75, 3.05) is 31.3 Å². The molecule has 1 aromatic rings. The van der Waals surface area contributed by atoms with Gasteiger partial charge in [0.15, 0.2) is 0 Å². The van der Waals surface area contributed by atoms with Crippen LogP contribution in [0.25, 0.3) is 0 Å². The average Bonchev–Trinajstić information content (AvgIpc) is 2.32. The summed E-state index contributed by atoms with van der Waals surface area (Å²) in [6.45, 7) is 0.800. The van der Waals surface area contributed by atoms with Crippen LogP contribution in [0.2, 0.25) is 0 Å². The fourth-order valence-corrected chi connectivity index (χ4v) is 1.82. The number of likely N-dealkylation sites (N-methyl/N-ethyl adjacent to an activating group) is 1. The number of nitrogen functional groups attached to an aromatic ring is 1. The molecule has 1 amide bonds. The monoisotopic (exact) mass is 253 g/mol. The predicted octanol–water partition coefficient (Wildman–Crippen LogP) is 1.42. The predicted molar refractivity (Wildman–Crippen MR) is 73.0 cm³/mol. The van der Waals surface area contributed by atoms with Gasteiger partial charge in [-0.15, -0.1) is 0 Å². The third-order valence-corrected chi connectivity index (χ3v) is 3.14. The van der Waals surface area contributed by atoms with Crippen molar-refractivity contribution >= 4 is 23.4 Å². The lowest BCUT2D eigenvalue weighted by Gasteiger charge is -2.16. The number of pyridine rings is 1. The van der Waals surface area contributed by atoms with Crippen molar-refractivity contribution in [2.45, 2.75) is 12.8 Å². The lowest BCUT2D eigenvalue weighted by Crippen LogP contribution is -2.29. The van der Waals surface area contributed by atoms with Crippen LogP contribution in [0.15, 0.2) is 18.3 Å². The third-order valence-electron chi connectivity index (χ3n) is 2.45. The van der Waals surface area contributed by atoms with Gasteiger partial charge >= 0.3 is 0 Å². The van der Waals surface area contributed by atoms with Crippen molar-refractivity contribution in [3.8, 4) is 0 Å². The Morgan fingerprint density at radius 1 is 1.53 bits per heavy atom. The van der Waals surface area contributed by atoms with Crippen molar-refractivity contribution < 1.29 is 4.79 Å². The highest BCUT2D eigenvalue weighted by Crippen LogP contribution is 2.04. The van der Waals surface area contributed by atoms with Gasteiger partial charge in [-0.2, -0.15) is 11.8 Å². The molecule has 0 aliphatic rings. The first-order valence-electron chi connectivity index (χ1n) is 5.57. The first kappa shape index (κ1) is 13.8. The standard InChI is InChI=1S/C12H19N3OS/c1-15(6-3-7-17-2)12(16)8-11-5-4-10(13)9-14-11/h4-5,9H,3,6-8,13H2,1-2H3. The number of anilines is 1. The summed E-state index contributed by atoms with van der Waals surface area (Å²) in [5.41, 5.74) is 6.92. The molecule has 0 saturated carbocycles. The van der Waals surface area contributed by atoms with Gasteiger partial charge in [0, 0.05) is 19.3 Å². The molecule has 0 atom stereocenters. The molecular formula is C12H19N3OS. The van der Waals surface area contributed by atoms with Crippen LogP contribution in [0, 0.1) is 0 Å². The number of amides is 1. The van der Waals surface area contributed by atoms with Crippen molar-refractivity contribution in [3.05, 3.63) is 24.0 Å². The molecule has 0 fully saturated rings. The van der Waals surface area contributed by atoms with E-state index in [-0.39, 0.29) is 5.91 Å². The molecule has 2 N–H and O–H groups in total. The maximum Gasteiger partial charge on any atom is 0.228 e. The van der Waals surface area contributed by atoms with Gasteiger partial charge in [-0.05, 0) is 30.6 Å². The molecule has 5 heteroatoms. The molecule has 0 saturated heterocycles. The highest BCUT2D eigenvalue weighted by molar-refractivity contribution is 7.98. The maximum atomic E-state index is 11.8. The van der Waals surface area contributed by atoms with Crippen molar-refractivity contribution in [1.82, 2.24) is 9.88 Å². The van der Waals surface area contributed by atoms with Gasteiger partial charge in [0.2, 0.25) is 5.91 Å². The van der Waals surface area contributed by atoms with Crippen molar-refractivity contribution in [2.24, 2.45) is 0 Å². The van der Waals surface area contributed by atoms with E-state index >= 15 is 0 Å². The van der Waals surface area contributed by atoms with E-state index in [4.69, 9.17) is 5.73 Å².